The van der Waals surface area contributed by atoms with Gasteiger partial charge in [0.15, 0.2) is 0 Å². The molecule has 0 aliphatic rings. The van der Waals surface area contributed by atoms with Crippen molar-refractivity contribution >= 4 is 11.0 Å². The van der Waals surface area contributed by atoms with E-state index >= 15 is 0 Å². The Bertz CT molecular complexity index is 853. The van der Waals surface area contributed by atoms with E-state index in [4.69, 9.17) is 5.11 Å². The lowest BCUT2D eigenvalue weighted by atomic mass is 10.1. The van der Waals surface area contributed by atoms with Gasteiger partial charge in [0.25, 0.3) is 0 Å². The zero-order valence-electron chi connectivity index (χ0n) is 14.2. The van der Waals surface area contributed by atoms with Crippen LogP contribution >= 0.6 is 0 Å². The molecule has 1 aromatic heterocycles. The molecular formula is C17H24N2O5. The number of nitrogens with zero attached hydrogens (tertiary/aromatic N) is 2. The van der Waals surface area contributed by atoms with Gasteiger partial charge in [-0.2, -0.15) is 0 Å². The minimum Gasteiger partial charge on any atom is -0.394 e. The monoisotopic (exact) mass is 336 g/mol. The van der Waals surface area contributed by atoms with Crippen molar-refractivity contribution in [3.8, 4) is 0 Å². The van der Waals surface area contributed by atoms with E-state index in [9.17, 15) is 19.8 Å². The molecule has 24 heavy (non-hydrogen) atoms. The normalized spacial score (nSPS) is 14.1. The summed E-state index contributed by atoms with van der Waals surface area (Å²) in [5.41, 5.74) is 1.85. The van der Waals surface area contributed by atoms with Gasteiger partial charge in [-0.3, -0.25) is 14.2 Å². The van der Waals surface area contributed by atoms with Crippen molar-refractivity contribution in [3.05, 3.63) is 44.0 Å². The Kier molecular flexibility index (Phi) is 5.58. The molecule has 0 fully saturated rings. The number of fused-ring (bicyclic) bond motifs is 1. The molecule has 7 nitrogen and oxygen atoms in total. The van der Waals surface area contributed by atoms with Crippen molar-refractivity contribution in [2.45, 2.75) is 52.5 Å². The predicted molar refractivity (Wildman–Crippen MR) is 91.3 cm³/mol. The van der Waals surface area contributed by atoms with Gasteiger partial charge in [0.05, 0.1) is 36.4 Å². The van der Waals surface area contributed by atoms with Gasteiger partial charge < -0.3 is 19.9 Å². The van der Waals surface area contributed by atoms with Gasteiger partial charge >= 0.3 is 11.1 Å². The summed E-state index contributed by atoms with van der Waals surface area (Å²) in [6, 6.07) is 3.69. The minimum atomic E-state index is -1.07. The lowest BCUT2D eigenvalue weighted by molar-refractivity contribution is 0.0358. The van der Waals surface area contributed by atoms with Crippen molar-refractivity contribution in [1.82, 2.24) is 9.13 Å². The third-order valence-corrected chi connectivity index (χ3v) is 4.31. The first-order valence-corrected chi connectivity index (χ1v) is 8.01. The zero-order chi connectivity index (χ0) is 18.0. The minimum absolute atomic E-state index is 0.0772. The number of benzene rings is 1. The summed E-state index contributed by atoms with van der Waals surface area (Å²) in [5.74, 6) is 0. The van der Waals surface area contributed by atoms with Crippen LogP contribution in [-0.4, -0.2) is 43.3 Å². The Labute approximate surface area is 139 Å². The number of aliphatic hydroxyl groups excluding tert-OH is 3. The van der Waals surface area contributed by atoms with Gasteiger partial charge in [0.1, 0.15) is 0 Å². The summed E-state index contributed by atoms with van der Waals surface area (Å²) < 4.78 is 2.68. The topological polar surface area (TPSA) is 105 Å². The largest absolute Gasteiger partial charge is 0.394 e. The number of hydrogen-bond donors (Lipinski definition) is 3. The van der Waals surface area contributed by atoms with Crippen LogP contribution < -0.4 is 11.1 Å². The van der Waals surface area contributed by atoms with Gasteiger partial charge in [-0.1, -0.05) is 0 Å². The van der Waals surface area contributed by atoms with E-state index in [1.807, 2.05) is 26.0 Å². The lowest BCUT2D eigenvalue weighted by Crippen LogP contribution is -2.43. The molecule has 2 aromatic rings. The van der Waals surface area contributed by atoms with E-state index in [0.717, 1.165) is 11.1 Å². The molecule has 3 N–H and O–H groups in total. The predicted octanol–water partition coefficient (Wildman–Crippen LogP) is -0.0959. The number of aromatic nitrogens is 2. The summed E-state index contributed by atoms with van der Waals surface area (Å²) in [7, 11) is 0. The van der Waals surface area contributed by atoms with Crippen molar-refractivity contribution < 1.29 is 15.3 Å². The van der Waals surface area contributed by atoms with Crippen LogP contribution in [0.5, 0.6) is 0 Å². The second kappa shape index (κ2) is 7.29. The lowest BCUT2D eigenvalue weighted by Gasteiger charge is -2.19. The average molecular weight is 336 g/mol. The third kappa shape index (κ3) is 3.43. The molecule has 1 aromatic carbocycles. The van der Waals surface area contributed by atoms with Crippen LogP contribution in [0.2, 0.25) is 0 Å². The first kappa shape index (κ1) is 18.4. The molecular weight excluding hydrogens is 312 g/mol. The molecule has 0 aliphatic carbocycles. The van der Waals surface area contributed by atoms with Gasteiger partial charge in [0, 0.05) is 13.0 Å². The maximum atomic E-state index is 12.5. The average Bonchev–Trinajstić information content (AvgIpc) is 2.54. The molecule has 132 valence electrons. The number of hydrogen-bond acceptors (Lipinski definition) is 5. The van der Waals surface area contributed by atoms with Crippen molar-refractivity contribution in [2.24, 2.45) is 0 Å². The fraction of sp³-hybridized carbons (Fsp3) is 0.529. The quantitative estimate of drug-likeness (QED) is 0.639. The molecule has 0 radical (unpaired) electrons. The van der Waals surface area contributed by atoms with Gasteiger partial charge in [-0.15, -0.1) is 0 Å². The molecule has 0 saturated carbocycles. The Hall–Kier alpha value is -1.96. The molecule has 1 heterocycles. The fourth-order valence-electron chi connectivity index (χ4n) is 2.84. The Morgan fingerprint density at radius 1 is 0.958 bits per heavy atom. The second-order valence-electron chi connectivity index (χ2n) is 6.12. The van der Waals surface area contributed by atoms with Crippen LogP contribution in [0.25, 0.3) is 11.0 Å². The van der Waals surface area contributed by atoms with Crippen molar-refractivity contribution in [3.63, 3.8) is 0 Å². The molecule has 7 heteroatoms. The molecule has 0 spiro atoms. The molecule has 0 saturated heterocycles. The highest BCUT2D eigenvalue weighted by atomic mass is 16.3. The van der Waals surface area contributed by atoms with E-state index in [1.54, 1.807) is 6.92 Å². The first-order valence-electron chi connectivity index (χ1n) is 8.01. The highest BCUT2D eigenvalue weighted by Crippen LogP contribution is 2.18. The summed E-state index contributed by atoms with van der Waals surface area (Å²) in [5, 5.41) is 28.4. The molecule has 2 atom stereocenters. The van der Waals surface area contributed by atoms with Crippen LogP contribution in [0, 0.1) is 13.8 Å². The van der Waals surface area contributed by atoms with Gasteiger partial charge in [0.2, 0.25) is 0 Å². The number of rotatable bonds is 6. The molecule has 2 unspecified atom stereocenters. The van der Waals surface area contributed by atoms with Gasteiger partial charge in [-0.05, 0) is 44.0 Å². The standard InChI is InChI=1S/C17H24N2O5/c1-4-18-14-5-10(2)11(3)6-15(14)19(17(24)16(18)23)8-12(21)7-13(22)9-20/h5-6,12-13,20-22H,4,7-9H2,1-3H3. The molecule has 0 bridgehead atoms. The smallest absolute Gasteiger partial charge is 0.317 e. The van der Waals surface area contributed by atoms with Crippen LogP contribution in [0.1, 0.15) is 24.5 Å². The van der Waals surface area contributed by atoms with E-state index in [2.05, 4.69) is 0 Å². The van der Waals surface area contributed by atoms with E-state index < -0.39 is 29.9 Å². The zero-order valence-corrected chi connectivity index (χ0v) is 14.2. The molecule has 0 amide bonds. The SMILES string of the molecule is CCn1c(=O)c(=O)n(CC(O)CC(O)CO)c2cc(C)c(C)cc21. The summed E-state index contributed by atoms with van der Waals surface area (Å²) in [6.07, 6.45) is -2.19. The number of aryl methyl sites for hydroxylation is 3. The first-order chi connectivity index (χ1) is 11.3. The fourth-order valence-corrected chi connectivity index (χ4v) is 2.84. The maximum absolute atomic E-state index is 12.5. The molecule has 2 rings (SSSR count). The molecule has 0 aliphatic heterocycles. The third-order valence-electron chi connectivity index (χ3n) is 4.31. The van der Waals surface area contributed by atoms with E-state index in [0.29, 0.717) is 17.6 Å². The van der Waals surface area contributed by atoms with Crippen LogP contribution in [0.3, 0.4) is 0 Å². The highest BCUT2D eigenvalue weighted by Gasteiger charge is 2.18. The summed E-state index contributed by atoms with van der Waals surface area (Å²) in [6.45, 7) is 5.43. The van der Waals surface area contributed by atoms with E-state index in [1.165, 1.54) is 9.13 Å². The maximum Gasteiger partial charge on any atom is 0.317 e. The van der Waals surface area contributed by atoms with E-state index in [-0.39, 0.29) is 13.0 Å². The second-order valence-corrected chi connectivity index (χ2v) is 6.12. The van der Waals surface area contributed by atoms with Crippen LogP contribution in [-0.2, 0) is 13.1 Å². The summed E-state index contributed by atoms with van der Waals surface area (Å²) in [4.78, 5) is 24.8. The Morgan fingerprint density at radius 2 is 1.46 bits per heavy atom. The van der Waals surface area contributed by atoms with Crippen LogP contribution in [0.15, 0.2) is 21.7 Å². The van der Waals surface area contributed by atoms with Crippen LogP contribution in [0.4, 0.5) is 0 Å². The summed E-state index contributed by atoms with van der Waals surface area (Å²) >= 11 is 0. The van der Waals surface area contributed by atoms with Crippen molar-refractivity contribution in [2.75, 3.05) is 6.61 Å². The Balaban J connectivity index is 2.65. The van der Waals surface area contributed by atoms with Gasteiger partial charge in [-0.25, -0.2) is 0 Å². The Morgan fingerprint density at radius 3 is 1.96 bits per heavy atom. The van der Waals surface area contributed by atoms with Crippen molar-refractivity contribution in [1.29, 1.82) is 0 Å². The number of aliphatic hydroxyl groups is 3. The highest BCUT2D eigenvalue weighted by molar-refractivity contribution is 5.77.